The van der Waals surface area contributed by atoms with Crippen LogP contribution < -0.4 is 10.1 Å². The predicted octanol–water partition coefficient (Wildman–Crippen LogP) is 3.61. The summed E-state index contributed by atoms with van der Waals surface area (Å²) in [5.41, 5.74) is 1.83. The number of H-pyrrole nitrogens is 1. The third-order valence-corrected chi connectivity index (χ3v) is 6.00. The van der Waals surface area contributed by atoms with Gasteiger partial charge in [-0.1, -0.05) is 23.1 Å². The Morgan fingerprint density at radius 2 is 2.03 bits per heavy atom. The number of rotatable bonds is 7. The highest BCUT2D eigenvalue weighted by molar-refractivity contribution is 7.99. The number of aromatic amines is 1. The molecule has 0 unspecified atom stereocenters. The van der Waals surface area contributed by atoms with Crippen LogP contribution in [0, 0.1) is 0 Å². The Morgan fingerprint density at radius 1 is 1.17 bits per heavy atom. The average molecular weight is 444 g/mol. The smallest absolute Gasteiger partial charge is 0.277 e. The zero-order valence-corrected chi connectivity index (χ0v) is 17.3. The van der Waals surface area contributed by atoms with Gasteiger partial charge < -0.3 is 4.74 Å². The van der Waals surface area contributed by atoms with Gasteiger partial charge in [0.05, 0.1) is 7.11 Å². The second-order valence-corrected chi connectivity index (χ2v) is 8.32. The van der Waals surface area contributed by atoms with E-state index in [9.17, 15) is 4.79 Å². The van der Waals surface area contributed by atoms with Gasteiger partial charge in [0, 0.05) is 9.79 Å². The molecule has 29 heavy (non-hydrogen) atoms. The molecule has 12 heteroatoms. The third kappa shape index (κ3) is 4.91. The van der Waals surface area contributed by atoms with Gasteiger partial charge in [0.1, 0.15) is 28.3 Å². The molecule has 146 valence electrons. The molecule has 4 rings (SSSR count). The lowest BCUT2D eigenvalue weighted by Crippen LogP contribution is -2.15. The number of nitrogens with one attached hydrogen (secondary N) is 2. The number of benzene rings is 1. The number of carbonyl (C=O) groups is 1. The van der Waals surface area contributed by atoms with Gasteiger partial charge in [-0.25, -0.2) is 9.97 Å². The van der Waals surface area contributed by atoms with Crippen molar-refractivity contribution in [2.45, 2.75) is 20.0 Å². The molecule has 0 aliphatic heterocycles. The van der Waals surface area contributed by atoms with E-state index in [4.69, 9.17) is 4.74 Å². The van der Waals surface area contributed by atoms with Gasteiger partial charge in [0.2, 0.25) is 5.13 Å². The number of carbonyl (C=O) groups excluding carboxylic acids is 1. The maximum absolute atomic E-state index is 12.9. The average Bonchev–Trinajstić information content (AvgIpc) is 3.44. The van der Waals surface area contributed by atoms with Gasteiger partial charge >= 0.3 is 0 Å². The number of aromatic nitrogens is 6. The number of pyridine rings is 1. The molecule has 2 N–H and O–H groups in total. The molecule has 1 aromatic carbocycles. The van der Waals surface area contributed by atoms with Crippen LogP contribution in [0.5, 0.6) is 5.75 Å². The normalized spacial score (nSPS) is 10.7. The lowest BCUT2D eigenvalue weighted by molar-refractivity contribution is 0.101. The molecule has 0 aliphatic rings. The highest BCUT2D eigenvalue weighted by Gasteiger charge is 2.18. The Balaban J connectivity index is 1.63. The van der Waals surface area contributed by atoms with Crippen LogP contribution in [-0.4, -0.2) is 43.4 Å². The Kier molecular flexibility index (Phi) is 6.03. The van der Waals surface area contributed by atoms with Crippen LogP contribution in [0.3, 0.4) is 0 Å². The molecule has 0 aliphatic carbocycles. The number of nitrogens with zero attached hydrogens (tertiary/aromatic N) is 5. The van der Waals surface area contributed by atoms with Crippen molar-refractivity contribution in [2.75, 3.05) is 12.4 Å². The Morgan fingerprint density at radius 3 is 2.72 bits per heavy atom. The van der Waals surface area contributed by atoms with E-state index < -0.39 is 0 Å². The molecule has 9 nitrogen and oxygen atoms in total. The number of ether oxygens (including phenoxy) is 1. The quantitative estimate of drug-likeness (QED) is 0.441. The number of amides is 1. The molecule has 0 saturated carbocycles. The van der Waals surface area contributed by atoms with Crippen LogP contribution in [0.2, 0.25) is 0 Å². The summed E-state index contributed by atoms with van der Waals surface area (Å²) in [6.45, 7) is 0. The Hall–Kier alpha value is -2.96. The third-order valence-electron chi connectivity index (χ3n) is 3.51. The van der Waals surface area contributed by atoms with Crippen molar-refractivity contribution >= 4 is 45.9 Å². The highest BCUT2D eigenvalue weighted by atomic mass is 32.2. The first-order valence-electron chi connectivity index (χ1n) is 8.15. The fourth-order valence-corrected chi connectivity index (χ4v) is 4.23. The molecule has 0 atom stereocenters. The van der Waals surface area contributed by atoms with E-state index in [0.29, 0.717) is 20.2 Å². The van der Waals surface area contributed by atoms with Crippen molar-refractivity contribution < 1.29 is 9.53 Å². The molecular formula is C17H13N7O2S3. The van der Waals surface area contributed by atoms with Crippen molar-refractivity contribution in [3.63, 3.8) is 0 Å². The summed E-state index contributed by atoms with van der Waals surface area (Å²) in [7, 11) is 1.62. The topological polar surface area (TPSA) is 119 Å². The van der Waals surface area contributed by atoms with Gasteiger partial charge in [-0.05, 0) is 48.2 Å². The zero-order chi connectivity index (χ0) is 20.1. The maximum Gasteiger partial charge on any atom is 0.277 e. The van der Waals surface area contributed by atoms with E-state index in [1.165, 1.54) is 41.2 Å². The summed E-state index contributed by atoms with van der Waals surface area (Å²) >= 11 is 3.95. The van der Waals surface area contributed by atoms with Gasteiger partial charge in [-0.15, -0.1) is 10.2 Å². The standard InChI is InChI=1S/C17H13N7O2S3/c1-26-10-2-4-11(5-3-10)28-12-6-7-13(29-16-18-8-19-23-16)21-14(12)15(25)22-17-24-20-9-27-17/h2-9H,1H3,(H,18,19,23)(H,22,24,25). The lowest BCUT2D eigenvalue weighted by Gasteiger charge is -2.10. The summed E-state index contributed by atoms with van der Waals surface area (Å²) in [6, 6.07) is 11.3. The fourth-order valence-electron chi connectivity index (χ4n) is 2.23. The fraction of sp³-hybridized carbons (Fsp3) is 0.0588. The predicted molar refractivity (Wildman–Crippen MR) is 110 cm³/mol. The summed E-state index contributed by atoms with van der Waals surface area (Å²) in [5.74, 6) is 0.401. The SMILES string of the molecule is COc1ccc(Sc2ccc(Sc3ncn[nH]3)nc2C(=O)Nc2nncs2)cc1. The molecule has 0 bridgehead atoms. The molecule has 3 heterocycles. The van der Waals surface area contributed by atoms with Crippen molar-refractivity contribution in [1.82, 2.24) is 30.4 Å². The second-order valence-electron chi connectivity index (χ2n) is 5.36. The lowest BCUT2D eigenvalue weighted by atomic mass is 10.3. The van der Waals surface area contributed by atoms with Crippen LogP contribution in [0.1, 0.15) is 10.5 Å². The molecular weight excluding hydrogens is 430 g/mol. The van der Waals surface area contributed by atoms with Crippen LogP contribution in [0.4, 0.5) is 5.13 Å². The minimum atomic E-state index is -0.363. The van der Waals surface area contributed by atoms with E-state index in [-0.39, 0.29) is 11.6 Å². The first kappa shape index (κ1) is 19.4. The number of methoxy groups -OCH3 is 1. The van der Waals surface area contributed by atoms with Crippen molar-refractivity contribution in [1.29, 1.82) is 0 Å². The van der Waals surface area contributed by atoms with Gasteiger partial charge in [-0.3, -0.25) is 15.2 Å². The molecule has 4 aromatic rings. The van der Waals surface area contributed by atoms with E-state index in [1.807, 2.05) is 36.4 Å². The molecule has 0 spiro atoms. The van der Waals surface area contributed by atoms with Crippen LogP contribution in [0.25, 0.3) is 0 Å². The van der Waals surface area contributed by atoms with Crippen molar-refractivity contribution in [3.8, 4) is 5.75 Å². The minimum absolute atomic E-state index is 0.283. The van der Waals surface area contributed by atoms with Crippen molar-refractivity contribution in [3.05, 3.63) is 53.9 Å². The number of hydrogen-bond donors (Lipinski definition) is 2. The number of anilines is 1. The first-order chi connectivity index (χ1) is 14.2. The molecule has 3 aromatic heterocycles. The molecule has 0 fully saturated rings. The Bertz CT molecular complexity index is 1090. The minimum Gasteiger partial charge on any atom is -0.497 e. The van der Waals surface area contributed by atoms with Gasteiger partial charge in [-0.2, -0.15) is 5.10 Å². The van der Waals surface area contributed by atoms with Gasteiger partial charge in [0.25, 0.3) is 5.91 Å². The largest absolute Gasteiger partial charge is 0.497 e. The summed E-state index contributed by atoms with van der Waals surface area (Å²) in [4.78, 5) is 23.1. The van der Waals surface area contributed by atoms with E-state index in [2.05, 4.69) is 35.7 Å². The van der Waals surface area contributed by atoms with Crippen molar-refractivity contribution in [2.24, 2.45) is 0 Å². The van der Waals surface area contributed by atoms with E-state index >= 15 is 0 Å². The summed E-state index contributed by atoms with van der Waals surface area (Å²) in [6.07, 6.45) is 1.42. The van der Waals surface area contributed by atoms with E-state index in [1.54, 1.807) is 12.6 Å². The van der Waals surface area contributed by atoms with E-state index in [0.717, 1.165) is 10.6 Å². The van der Waals surface area contributed by atoms with Crippen LogP contribution in [0.15, 0.2) is 68.2 Å². The second kappa shape index (κ2) is 9.03. The molecule has 0 radical (unpaired) electrons. The van der Waals surface area contributed by atoms with Crippen LogP contribution in [-0.2, 0) is 0 Å². The number of hydrogen-bond acceptors (Lipinski definition) is 10. The van der Waals surface area contributed by atoms with Crippen LogP contribution >= 0.6 is 34.9 Å². The Labute approximate surface area is 177 Å². The zero-order valence-electron chi connectivity index (χ0n) is 14.9. The maximum atomic E-state index is 12.9. The summed E-state index contributed by atoms with van der Waals surface area (Å²) in [5, 5.41) is 18.5. The monoisotopic (exact) mass is 443 g/mol. The first-order valence-corrected chi connectivity index (χ1v) is 10.7. The molecule has 1 amide bonds. The molecule has 0 saturated heterocycles. The summed E-state index contributed by atoms with van der Waals surface area (Å²) < 4.78 is 5.19. The van der Waals surface area contributed by atoms with Gasteiger partial charge in [0.15, 0.2) is 5.16 Å². The highest BCUT2D eigenvalue weighted by Crippen LogP contribution is 2.33.